The first-order valence-electron chi connectivity index (χ1n) is 16.4. The zero-order valence-electron chi connectivity index (χ0n) is 30.8. The van der Waals surface area contributed by atoms with Crippen molar-refractivity contribution in [1.29, 1.82) is 0 Å². The van der Waals surface area contributed by atoms with Crippen molar-refractivity contribution >= 4 is 53.6 Å². The molecule has 1 aliphatic heterocycles. The fraction of sp³-hybridized carbons (Fsp3) is 0.529. The third-order valence-corrected chi connectivity index (χ3v) is 15.6. The van der Waals surface area contributed by atoms with Crippen molar-refractivity contribution in [2.24, 2.45) is 0 Å². The molecule has 4 N–H and O–H groups in total. The van der Waals surface area contributed by atoms with Crippen LogP contribution < -0.4 is 21.5 Å². The molecule has 1 heterocycles. The molecular weight excluding hydrogens is 764 g/mol. The summed E-state index contributed by atoms with van der Waals surface area (Å²) >= 11 is 6.01. The molecule has 2 aromatic rings. The number of ketones is 1. The summed E-state index contributed by atoms with van der Waals surface area (Å²) in [5.41, 5.74) is -0.596. The van der Waals surface area contributed by atoms with Crippen molar-refractivity contribution in [1.82, 2.24) is 21.5 Å². The molecule has 294 valence electrons. The number of alkyl carbamates (subject to hydrolysis) is 1. The van der Waals surface area contributed by atoms with E-state index < -0.39 is 105 Å². The number of amides is 4. The molecule has 53 heavy (non-hydrogen) atoms. The molecule has 12 nitrogen and oxygen atoms in total. The van der Waals surface area contributed by atoms with Gasteiger partial charge in [-0.25, -0.2) is 27.8 Å². The number of ether oxygens (including phenoxy) is 1. The van der Waals surface area contributed by atoms with E-state index in [1.54, 1.807) is 66.8 Å². The Morgan fingerprint density at radius 1 is 0.962 bits per heavy atom. The van der Waals surface area contributed by atoms with E-state index in [0.717, 1.165) is 13.0 Å². The first-order chi connectivity index (χ1) is 24.0. The fourth-order valence-electron chi connectivity index (χ4n) is 5.09. The SMILES string of the molecule is CC(C)(C)OC(=O)N[C@H]1CS(=O)(=O)c2cc(F)c(C(=O)NNC(=O)NCC(C)(O[Si](C)(C)C(C)(C)C)C(F)(F)F)cc2C(Cc2ccc(Cl)cc2)C1=O. The summed E-state index contributed by atoms with van der Waals surface area (Å²) in [6, 6.07) is 4.69. The zero-order valence-corrected chi connectivity index (χ0v) is 33.4. The van der Waals surface area contributed by atoms with E-state index in [9.17, 15) is 40.8 Å². The van der Waals surface area contributed by atoms with Gasteiger partial charge in [0.2, 0.25) is 0 Å². The average molecular weight is 809 g/mol. The van der Waals surface area contributed by atoms with Gasteiger partial charge in [0.05, 0.1) is 28.7 Å². The van der Waals surface area contributed by atoms with Crippen molar-refractivity contribution in [3.8, 4) is 0 Å². The molecule has 1 aliphatic rings. The summed E-state index contributed by atoms with van der Waals surface area (Å²) in [5.74, 6) is -5.75. The first-order valence-corrected chi connectivity index (χ1v) is 21.4. The van der Waals surface area contributed by atoms with Crippen LogP contribution >= 0.6 is 11.6 Å². The van der Waals surface area contributed by atoms with Crippen LogP contribution in [0.5, 0.6) is 0 Å². The molecule has 0 saturated heterocycles. The summed E-state index contributed by atoms with van der Waals surface area (Å²) in [4.78, 5) is 51.8. The van der Waals surface area contributed by atoms with Crippen molar-refractivity contribution in [2.75, 3.05) is 12.3 Å². The Balaban J connectivity index is 1.93. The lowest BCUT2D eigenvalue weighted by molar-refractivity contribution is -0.243. The Bertz CT molecular complexity index is 1850. The summed E-state index contributed by atoms with van der Waals surface area (Å²) in [7, 11) is -7.49. The summed E-state index contributed by atoms with van der Waals surface area (Å²) in [6.45, 7) is 12.9. The predicted molar refractivity (Wildman–Crippen MR) is 191 cm³/mol. The van der Waals surface area contributed by atoms with Gasteiger partial charge in [-0.15, -0.1) is 0 Å². The molecule has 0 radical (unpaired) electrons. The smallest absolute Gasteiger partial charge is 0.417 e. The number of hydrogen-bond donors (Lipinski definition) is 4. The van der Waals surface area contributed by atoms with Gasteiger partial charge in [0.1, 0.15) is 17.5 Å². The third-order valence-electron chi connectivity index (χ3n) is 8.93. The van der Waals surface area contributed by atoms with E-state index in [1.807, 2.05) is 16.2 Å². The van der Waals surface area contributed by atoms with Gasteiger partial charge in [-0.3, -0.25) is 15.0 Å². The molecule has 3 atom stereocenters. The van der Waals surface area contributed by atoms with E-state index in [4.69, 9.17) is 20.8 Å². The van der Waals surface area contributed by atoms with Crippen molar-refractivity contribution in [3.63, 3.8) is 0 Å². The molecule has 3 rings (SSSR count). The number of urea groups is 1. The highest BCUT2D eigenvalue weighted by atomic mass is 35.5. The van der Waals surface area contributed by atoms with Gasteiger partial charge >= 0.3 is 18.3 Å². The maximum absolute atomic E-state index is 15.5. The second kappa shape index (κ2) is 15.5. The average Bonchev–Trinajstić information content (AvgIpc) is 3.05. The molecule has 0 fully saturated rings. The Morgan fingerprint density at radius 3 is 2.08 bits per heavy atom. The highest BCUT2D eigenvalue weighted by Gasteiger charge is 2.57. The van der Waals surface area contributed by atoms with Crippen LogP contribution in [0.1, 0.15) is 75.9 Å². The molecule has 2 aromatic carbocycles. The van der Waals surface area contributed by atoms with Crippen LogP contribution in [-0.4, -0.2) is 76.3 Å². The van der Waals surface area contributed by atoms with E-state index in [2.05, 4.69) is 5.32 Å². The van der Waals surface area contributed by atoms with Gasteiger partial charge in [-0.1, -0.05) is 44.5 Å². The van der Waals surface area contributed by atoms with Crippen molar-refractivity contribution in [3.05, 3.63) is 63.9 Å². The van der Waals surface area contributed by atoms with Gasteiger partial charge in [-0.2, -0.15) is 13.2 Å². The highest BCUT2D eigenvalue weighted by molar-refractivity contribution is 7.91. The number of Topliss-reactive ketones (excluding diaryl/α,β-unsaturated/α-hetero) is 1. The van der Waals surface area contributed by atoms with Gasteiger partial charge in [-0.05, 0) is 87.6 Å². The normalized spacial score (nSPS) is 18.9. The van der Waals surface area contributed by atoms with Crippen LogP contribution in [0.2, 0.25) is 23.2 Å². The number of hydrazine groups is 1. The minimum absolute atomic E-state index is 0.159. The van der Waals surface area contributed by atoms with Crippen molar-refractivity contribution < 1.29 is 54.3 Å². The predicted octanol–water partition coefficient (Wildman–Crippen LogP) is 6.34. The number of fused-ring (bicyclic) bond motifs is 1. The molecule has 0 aromatic heterocycles. The number of rotatable bonds is 8. The maximum Gasteiger partial charge on any atom is 0.417 e. The second-order valence-corrected chi connectivity index (χ2v) is 22.7. The van der Waals surface area contributed by atoms with Gasteiger partial charge < -0.3 is 19.8 Å². The maximum atomic E-state index is 15.5. The minimum atomic E-state index is -4.90. The van der Waals surface area contributed by atoms with Crippen LogP contribution in [0.25, 0.3) is 0 Å². The summed E-state index contributed by atoms with van der Waals surface area (Å²) in [5, 5.41) is 4.09. The second-order valence-electron chi connectivity index (χ2n) is 15.5. The van der Waals surface area contributed by atoms with Crippen molar-refractivity contribution in [2.45, 2.75) is 107 Å². The Hall–Kier alpha value is -3.74. The third kappa shape index (κ3) is 10.9. The quantitative estimate of drug-likeness (QED) is 0.136. The molecule has 0 aliphatic carbocycles. The number of alkyl halides is 3. The number of halogens is 5. The number of sulfone groups is 1. The van der Waals surface area contributed by atoms with Crippen LogP contribution in [0.15, 0.2) is 41.3 Å². The van der Waals surface area contributed by atoms with Gasteiger partial charge in [0.15, 0.2) is 29.5 Å². The van der Waals surface area contributed by atoms with Crippen LogP contribution in [0.3, 0.4) is 0 Å². The molecule has 2 unspecified atom stereocenters. The highest BCUT2D eigenvalue weighted by Crippen LogP contribution is 2.43. The molecule has 4 amide bonds. The number of hydrogen-bond acceptors (Lipinski definition) is 8. The van der Waals surface area contributed by atoms with Crippen LogP contribution in [0, 0.1) is 5.82 Å². The summed E-state index contributed by atoms with van der Waals surface area (Å²) < 4.78 is 96.0. The topological polar surface area (TPSA) is 169 Å². The molecule has 0 bridgehead atoms. The minimum Gasteiger partial charge on any atom is -0.444 e. The lowest BCUT2D eigenvalue weighted by Crippen LogP contribution is -2.61. The Morgan fingerprint density at radius 2 is 1.55 bits per heavy atom. The van der Waals surface area contributed by atoms with Gasteiger partial charge in [0, 0.05) is 5.02 Å². The Kier molecular flexibility index (Phi) is 12.8. The number of benzene rings is 2. The van der Waals surface area contributed by atoms with E-state index in [-0.39, 0.29) is 12.0 Å². The van der Waals surface area contributed by atoms with Crippen LogP contribution in [0.4, 0.5) is 27.2 Å². The molecule has 0 saturated carbocycles. The summed E-state index contributed by atoms with van der Waals surface area (Å²) in [6.07, 6.45) is -6.13. The first kappa shape index (κ1) is 43.7. The largest absolute Gasteiger partial charge is 0.444 e. The number of carbonyl (C=O) groups is 4. The fourth-order valence-corrected chi connectivity index (χ4v) is 8.54. The number of carbonyl (C=O) groups excluding carboxylic acids is 4. The molecular formula is C34H45ClF4N4O8SSi. The van der Waals surface area contributed by atoms with E-state index in [1.165, 1.54) is 12.1 Å². The molecule has 19 heteroatoms. The van der Waals surface area contributed by atoms with E-state index in [0.29, 0.717) is 16.7 Å². The van der Waals surface area contributed by atoms with Gasteiger partial charge in [0.25, 0.3) is 5.91 Å². The van der Waals surface area contributed by atoms with Crippen LogP contribution in [-0.2, 0) is 30.2 Å². The Labute approximate surface area is 312 Å². The monoisotopic (exact) mass is 808 g/mol. The lowest BCUT2D eigenvalue weighted by Gasteiger charge is -2.44. The molecule has 0 spiro atoms. The zero-order chi connectivity index (χ0) is 40.5. The lowest BCUT2D eigenvalue weighted by atomic mass is 9.85. The standard InChI is InChI=1S/C34H45ClF4N4O8SSi/c1-31(2,3)50-30(47)41-25-17-52(48,49)26-16-24(36)23(15-21(26)22(27(25)44)14-19-10-12-20(35)13-11-19)28(45)42-43-29(46)40-18-33(7,34(37,38)39)51-53(8,9)32(4,5)6/h10-13,15-16,22,25H,14,17-18H2,1-9H3,(H,41,47)(H,42,45)(H2,40,43,46)/t22?,25-,33?/m0/s1. The van der Waals surface area contributed by atoms with E-state index >= 15 is 4.39 Å². The number of nitrogens with one attached hydrogen (secondary N) is 4.